The molecule has 2 rings (SSSR count). The second-order valence-electron chi connectivity index (χ2n) is 4.23. The molecule has 0 amide bonds. The van der Waals surface area contributed by atoms with Crippen LogP contribution in [-0.2, 0) is 0 Å². The third-order valence-corrected chi connectivity index (χ3v) is 2.86. The molecule has 0 saturated heterocycles. The molecule has 1 N–H and O–H groups in total. The third-order valence-electron chi connectivity index (χ3n) is 2.86. The van der Waals surface area contributed by atoms with Crippen molar-refractivity contribution in [2.75, 3.05) is 0 Å². The Morgan fingerprint density at radius 1 is 1.38 bits per heavy atom. The molecule has 0 fully saturated rings. The second kappa shape index (κ2) is 5.17. The highest BCUT2D eigenvalue weighted by atomic mass is 16.5. The average molecular weight is 218 g/mol. The topological polar surface area (TPSA) is 29.5 Å². The molecule has 16 heavy (non-hydrogen) atoms. The van der Waals surface area contributed by atoms with E-state index >= 15 is 0 Å². The number of para-hydroxylation sites is 1. The number of aliphatic hydroxyl groups is 1. The van der Waals surface area contributed by atoms with E-state index in [4.69, 9.17) is 4.74 Å². The summed E-state index contributed by atoms with van der Waals surface area (Å²) in [7, 11) is 0. The fourth-order valence-corrected chi connectivity index (χ4v) is 1.98. The number of hydrogen-bond acceptors (Lipinski definition) is 2. The van der Waals surface area contributed by atoms with Crippen LogP contribution < -0.4 is 4.74 Å². The zero-order valence-electron chi connectivity index (χ0n) is 9.60. The molecule has 1 aromatic rings. The standard InChI is InChI=1S/C14H18O2/c1-11(15)13-9-5-6-10-14(13)16-12-7-3-2-4-8-12/h3,5-7,9-12,15H,2,4,8H2,1H3. The van der Waals surface area contributed by atoms with Crippen molar-refractivity contribution >= 4 is 0 Å². The Morgan fingerprint density at radius 2 is 2.19 bits per heavy atom. The van der Waals surface area contributed by atoms with Gasteiger partial charge in [0.2, 0.25) is 0 Å². The van der Waals surface area contributed by atoms with Gasteiger partial charge >= 0.3 is 0 Å². The summed E-state index contributed by atoms with van der Waals surface area (Å²) in [5.74, 6) is 0.800. The Morgan fingerprint density at radius 3 is 2.88 bits per heavy atom. The highest BCUT2D eigenvalue weighted by molar-refractivity contribution is 5.35. The average Bonchev–Trinajstić information content (AvgIpc) is 2.31. The van der Waals surface area contributed by atoms with Crippen LogP contribution in [0.5, 0.6) is 5.75 Å². The first kappa shape index (κ1) is 11.2. The molecule has 0 heterocycles. The molecule has 2 unspecified atom stereocenters. The van der Waals surface area contributed by atoms with Crippen LogP contribution in [-0.4, -0.2) is 11.2 Å². The van der Waals surface area contributed by atoms with Gasteiger partial charge in [0.05, 0.1) is 6.10 Å². The summed E-state index contributed by atoms with van der Waals surface area (Å²) in [6.07, 6.45) is 7.35. The van der Waals surface area contributed by atoms with Gasteiger partial charge in [-0.05, 0) is 38.3 Å². The fraction of sp³-hybridized carbons (Fsp3) is 0.429. The first-order valence-electron chi connectivity index (χ1n) is 5.87. The first-order chi connectivity index (χ1) is 7.77. The molecular formula is C14H18O2. The normalized spacial score (nSPS) is 21.8. The molecule has 0 saturated carbocycles. The number of ether oxygens (including phenoxy) is 1. The molecule has 86 valence electrons. The van der Waals surface area contributed by atoms with Crippen molar-refractivity contribution in [2.24, 2.45) is 0 Å². The minimum Gasteiger partial charge on any atom is -0.486 e. The number of rotatable bonds is 3. The van der Waals surface area contributed by atoms with Crippen LogP contribution in [0.3, 0.4) is 0 Å². The van der Waals surface area contributed by atoms with E-state index in [1.807, 2.05) is 24.3 Å². The van der Waals surface area contributed by atoms with Crippen LogP contribution >= 0.6 is 0 Å². The summed E-state index contributed by atoms with van der Waals surface area (Å²) < 4.78 is 5.90. The van der Waals surface area contributed by atoms with Gasteiger partial charge in [-0.3, -0.25) is 0 Å². The van der Waals surface area contributed by atoms with Gasteiger partial charge in [-0.15, -0.1) is 0 Å². The summed E-state index contributed by atoms with van der Waals surface area (Å²) in [5.41, 5.74) is 0.862. The van der Waals surface area contributed by atoms with Crippen molar-refractivity contribution < 1.29 is 9.84 Å². The largest absolute Gasteiger partial charge is 0.486 e. The maximum absolute atomic E-state index is 9.64. The number of allylic oxidation sites excluding steroid dienone is 1. The molecule has 1 aromatic carbocycles. The van der Waals surface area contributed by atoms with Crippen molar-refractivity contribution in [3.05, 3.63) is 42.0 Å². The summed E-state index contributed by atoms with van der Waals surface area (Å²) in [6, 6.07) is 7.69. The van der Waals surface area contributed by atoms with E-state index in [0.717, 1.165) is 24.2 Å². The predicted molar refractivity (Wildman–Crippen MR) is 64.5 cm³/mol. The van der Waals surface area contributed by atoms with Gasteiger partial charge in [0.1, 0.15) is 11.9 Å². The van der Waals surface area contributed by atoms with E-state index in [9.17, 15) is 5.11 Å². The lowest BCUT2D eigenvalue weighted by Crippen LogP contribution is -2.16. The van der Waals surface area contributed by atoms with Crippen molar-refractivity contribution in [1.82, 2.24) is 0 Å². The molecule has 0 spiro atoms. The SMILES string of the molecule is CC(O)c1ccccc1OC1C=CCCC1. The monoisotopic (exact) mass is 218 g/mol. The van der Waals surface area contributed by atoms with E-state index < -0.39 is 6.10 Å². The van der Waals surface area contributed by atoms with E-state index in [1.165, 1.54) is 6.42 Å². The third kappa shape index (κ3) is 2.64. The zero-order valence-corrected chi connectivity index (χ0v) is 9.60. The van der Waals surface area contributed by atoms with E-state index in [2.05, 4.69) is 12.2 Å². The highest BCUT2D eigenvalue weighted by Gasteiger charge is 2.13. The van der Waals surface area contributed by atoms with Crippen molar-refractivity contribution in [3.8, 4) is 5.75 Å². The van der Waals surface area contributed by atoms with Crippen molar-refractivity contribution in [1.29, 1.82) is 0 Å². The van der Waals surface area contributed by atoms with Crippen molar-refractivity contribution in [2.45, 2.75) is 38.4 Å². The summed E-state index contributed by atoms with van der Waals surface area (Å²) >= 11 is 0. The maximum atomic E-state index is 9.64. The molecule has 2 heteroatoms. The number of aliphatic hydroxyl groups excluding tert-OH is 1. The van der Waals surface area contributed by atoms with Gasteiger partial charge in [-0.1, -0.05) is 24.3 Å². The number of benzene rings is 1. The van der Waals surface area contributed by atoms with Gasteiger partial charge in [0.25, 0.3) is 0 Å². The first-order valence-corrected chi connectivity index (χ1v) is 5.87. The molecule has 0 aromatic heterocycles. The lowest BCUT2D eigenvalue weighted by Gasteiger charge is -2.21. The highest BCUT2D eigenvalue weighted by Crippen LogP contribution is 2.27. The Hall–Kier alpha value is -1.28. The molecule has 0 radical (unpaired) electrons. The number of hydrogen-bond donors (Lipinski definition) is 1. The molecular weight excluding hydrogens is 200 g/mol. The lowest BCUT2D eigenvalue weighted by atomic mass is 10.0. The lowest BCUT2D eigenvalue weighted by molar-refractivity contribution is 0.180. The summed E-state index contributed by atoms with van der Waals surface area (Å²) in [4.78, 5) is 0. The van der Waals surface area contributed by atoms with Gasteiger partial charge in [0.15, 0.2) is 0 Å². The van der Waals surface area contributed by atoms with Crippen LogP contribution in [0.15, 0.2) is 36.4 Å². The predicted octanol–water partition coefficient (Wildman–Crippen LogP) is 3.23. The van der Waals surface area contributed by atoms with Crippen LogP contribution in [0.2, 0.25) is 0 Å². The minimum atomic E-state index is -0.483. The Balaban J connectivity index is 2.13. The van der Waals surface area contributed by atoms with E-state index in [0.29, 0.717) is 0 Å². The Kier molecular flexibility index (Phi) is 3.62. The molecule has 0 aliphatic heterocycles. The molecule has 1 aliphatic rings. The van der Waals surface area contributed by atoms with Gasteiger partial charge in [0, 0.05) is 5.56 Å². The smallest absolute Gasteiger partial charge is 0.125 e. The molecule has 2 atom stereocenters. The van der Waals surface area contributed by atoms with Crippen LogP contribution in [0.25, 0.3) is 0 Å². The second-order valence-corrected chi connectivity index (χ2v) is 4.23. The molecule has 1 aliphatic carbocycles. The summed E-state index contributed by atoms with van der Waals surface area (Å²) in [5, 5.41) is 9.64. The van der Waals surface area contributed by atoms with Crippen molar-refractivity contribution in [3.63, 3.8) is 0 Å². The van der Waals surface area contributed by atoms with Gasteiger partial charge in [-0.2, -0.15) is 0 Å². The van der Waals surface area contributed by atoms with Crippen LogP contribution in [0.4, 0.5) is 0 Å². The van der Waals surface area contributed by atoms with Gasteiger partial charge < -0.3 is 9.84 Å². The van der Waals surface area contributed by atoms with E-state index in [1.54, 1.807) is 6.92 Å². The minimum absolute atomic E-state index is 0.161. The zero-order chi connectivity index (χ0) is 11.4. The Labute approximate surface area is 96.6 Å². The van der Waals surface area contributed by atoms with Crippen LogP contribution in [0, 0.1) is 0 Å². The fourth-order valence-electron chi connectivity index (χ4n) is 1.98. The van der Waals surface area contributed by atoms with Crippen LogP contribution in [0.1, 0.15) is 37.9 Å². The molecule has 2 nitrogen and oxygen atoms in total. The quantitative estimate of drug-likeness (QED) is 0.789. The van der Waals surface area contributed by atoms with Gasteiger partial charge in [-0.25, -0.2) is 0 Å². The molecule has 0 bridgehead atoms. The van der Waals surface area contributed by atoms with E-state index in [-0.39, 0.29) is 6.10 Å². The summed E-state index contributed by atoms with van der Waals surface area (Å²) in [6.45, 7) is 1.76. The Bertz CT molecular complexity index is 369. The maximum Gasteiger partial charge on any atom is 0.125 e.